The Labute approximate surface area is 121 Å². The van der Waals surface area contributed by atoms with E-state index < -0.39 is 5.97 Å². The van der Waals surface area contributed by atoms with Gasteiger partial charge in [0.2, 0.25) is 0 Å². The fraction of sp³-hybridized carbons (Fsp3) is 0.125. The number of anilines is 1. The summed E-state index contributed by atoms with van der Waals surface area (Å²) in [5.74, 6) is -1.28. The van der Waals surface area contributed by atoms with E-state index in [0.29, 0.717) is 16.8 Å². The van der Waals surface area contributed by atoms with Gasteiger partial charge < -0.3 is 15.5 Å². The number of aliphatic carboxylic acids is 1. The van der Waals surface area contributed by atoms with Crippen molar-refractivity contribution in [2.75, 3.05) is 5.32 Å². The van der Waals surface area contributed by atoms with E-state index in [1.54, 1.807) is 48.5 Å². The maximum absolute atomic E-state index is 12.1. The minimum atomic E-state index is -0.955. The minimum absolute atomic E-state index is 0.0800. The lowest BCUT2D eigenvalue weighted by atomic mass is 10.1. The second-order valence-corrected chi connectivity index (χ2v) is 4.54. The Hall–Kier alpha value is -2.66. The number of carbonyl (C=O) groups is 2. The molecule has 0 aliphatic rings. The summed E-state index contributed by atoms with van der Waals surface area (Å²) in [6.45, 7) is -0.0800. The zero-order chi connectivity index (χ0) is 15.2. The molecule has 2 aromatic carbocycles. The van der Waals surface area contributed by atoms with Crippen molar-refractivity contribution in [3.63, 3.8) is 0 Å². The van der Waals surface area contributed by atoms with Gasteiger partial charge in [-0.2, -0.15) is 0 Å². The molecule has 1 amide bonds. The number of carboxylic acids is 1. The molecule has 0 unspecified atom stereocenters. The highest BCUT2D eigenvalue weighted by molar-refractivity contribution is 6.04. The van der Waals surface area contributed by atoms with Gasteiger partial charge in [-0.1, -0.05) is 30.3 Å². The zero-order valence-electron chi connectivity index (χ0n) is 11.2. The maximum Gasteiger partial charge on any atom is 0.307 e. The lowest BCUT2D eigenvalue weighted by Gasteiger charge is -2.10. The van der Waals surface area contributed by atoms with Gasteiger partial charge in [0.05, 0.1) is 13.0 Å². The minimum Gasteiger partial charge on any atom is -0.481 e. The summed E-state index contributed by atoms with van der Waals surface area (Å²) in [7, 11) is 0. The molecule has 5 heteroatoms. The molecule has 0 saturated carbocycles. The summed E-state index contributed by atoms with van der Waals surface area (Å²) in [5, 5.41) is 20.5. The number of carbonyl (C=O) groups excluding carboxylic acids is 1. The second-order valence-electron chi connectivity index (χ2n) is 4.54. The first-order chi connectivity index (χ1) is 10.1. The van der Waals surface area contributed by atoms with Crippen molar-refractivity contribution in [1.29, 1.82) is 0 Å². The summed E-state index contributed by atoms with van der Waals surface area (Å²) in [6, 6.07) is 13.3. The fourth-order valence-electron chi connectivity index (χ4n) is 1.92. The first-order valence-electron chi connectivity index (χ1n) is 6.41. The lowest BCUT2D eigenvalue weighted by Crippen LogP contribution is -2.14. The van der Waals surface area contributed by atoms with Gasteiger partial charge in [0.25, 0.3) is 5.91 Å². The van der Waals surface area contributed by atoms with Crippen LogP contribution in [0.1, 0.15) is 21.5 Å². The van der Waals surface area contributed by atoms with Crippen molar-refractivity contribution in [3.05, 3.63) is 65.2 Å². The van der Waals surface area contributed by atoms with Gasteiger partial charge in [-0.25, -0.2) is 0 Å². The van der Waals surface area contributed by atoms with E-state index in [9.17, 15) is 9.59 Å². The van der Waals surface area contributed by atoms with E-state index in [2.05, 4.69) is 5.32 Å². The first-order valence-corrected chi connectivity index (χ1v) is 6.41. The third-order valence-corrected chi connectivity index (χ3v) is 3.01. The Bertz CT molecular complexity index is 650. The Morgan fingerprint density at radius 1 is 1.00 bits per heavy atom. The molecule has 0 bridgehead atoms. The van der Waals surface area contributed by atoms with E-state index in [1.165, 1.54) is 0 Å². The quantitative estimate of drug-likeness (QED) is 0.784. The SMILES string of the molecule is O=C(O)Cc1ccccc1NC(=O)c1ccc(CO)cc1. The molecule has 3 N–H and O–H groups in total. The number of amides is 1. The molecular weight excluding hydrogens is 270 g/mol. The summed E-state index contributed by atoms with van der Waals surface area (Å²) in [4.78, 5) is 22.9. The van der Waals surface area contributed by atoms with E-state index >= 15 is 0 Å². The second kappa shape index (κ2) is 6.67. The molecular formula is C16H15NO4. The molecule has 0 fully saturated rings. The normalized spacial score (nSPS) is 10.1. The predicted octanol–water partition coefficient (Wildman–Crippen LogP) is 2.06. The zero-order valence-corrected chi connectivity index (χ0v) is 11.2. The van der Waals surface area contributed by atoms with Crippen LogP contribution in [0, 0.1) is 0 Å². The van der Waals surface area contributed by atoms with Gasteiger partial charge >= 0.3 is 5.97 Å². The number of rotatable bonds is 5. The van der Waals surface area contributed by atoms with Gasteiger partial charge in [-0.15, -0.1) is 0 Å². The Morgan fingerprint density at radius 3 is 2.29 bits per heavy atom. The number of nitrogens with one attached hydrogen (secondary N) is 1. The summed E-state index contributed by atoms with van der Waals surface area (Å²) in [5.41, 5.74) is 2.19. The molecule has 0 atom stereocenters. The van der Waals surface area contributed by atoms with Crippen LogP contribution in [0.4, 0.5) is 5.69 Å². The number of carboxylic acid groups (broad SMARTS) is 1. The van der Waals surface area contributed by atoms with Crippen LogP contribution in [0.25, 0.3) is 0 Å². The number of aliphatic hydroxyl groups excluding tert-OH is 1. The number of benzene rings is 2. The molecule has 0 aliphatic carbocycles. The van der Waals surface area contributed by atoms with Gasteiger partial charge in [0.15, 0.2) is 0 Å². The van der Waals surface area contributed by atoms with E-state index in [0.717, 1.165) is 5.56 Å². The van der Waals surface area contributed by atoms with Crippen LogP contribution in [-0.2, 0) is 17.8 Å². The van der Waals surface area contributed by atoms with Crippen LogP contribution in [0.15, 0.2) is 48.5 Å². The monoisotopic (exact) mass is 285 g/mol. The van der Waals surface area contributed by atoms with Crippen LogP contribution in [0.2, 0.25) is 0 Å². The van der Waals surface area contributed by atoms with Gasteiger partial charge in [-0.3, -0.25) is 9.59 Å². The van der Waals surface area contributed by atoms with E-state index in [4.69, 9.17) is 10.2 Å². The maximum atomic E-state index is 12.1. The van der Waals surface area contributed by atoms with Crippen molar-refractivity contribution < 1.29 is 19.8 Å². The Kier molecular flexibility index (Phi) is 4.68. The largest absolute Gasteiger partial charge is 0.481 e. The standard InChI is InChI=1S/C16H15NO4/c18-10-11-5-7-12(8-6-11)16(21)17-14-4-2-1-3-13(14)9-15(19)20/h1-8,18H,9-10H2,(H,17,21)(H,19,20). The highest BCUT2D eigenvalue weighted by Crippen LogP contribution is 2.17. The number of aliphatic hydroxyl groups is 1. The van der Waals surface area contributed by atoms with Gasteiger partial charge in [0, 0.05) is 11.3 Å². The van der Waals surface area contributed by atoms with E-state index in [1.807, 2.05) is 0 Å². The molecule has 5 nitrogen and oxygen atoms in total. The molecule has 0 radical (unpaired) electrons. The number of hydrogen-bond donors (Lipinski definition) is 3. The predicted molar refractivity (Wildman–Crippen MR) is 78.1 cm³/mol. The van der Waals surface area contributed by atoms with Crippen LogP contribution < -0.4 is 5.32 Å². The molecule has 0 heterocycles. The highest BCUT2D eigenvalue weighted by Gasteiger charge is 2.10. The third-order valence-electron chi connectivity index (χ3n) is 3.01. The molecule has 0 spiro atoms. The summed E-state index contributed by atoms with van der Waals surface area (Å²) < 4.78 is 0. The van der Waals surface area contributed by atoms with Crippen molar-refractivity contribution in [2.45, 2.75) is 13.0 Å². The Morgan fingerprint density at radius 2 is 1.67 bits per heavy atom. The summed E-state index contributed by atoms with van der Waals surface area (Å²) >= 11 is 0. The number of para-hydroxylation sites is 1. The van der Waals surface area contributed by atoms with Crippen molar-refractivity contribution in [1.82, 2.24) is 0 Å². The average Bonchev–Trinajstić information content (AvgIpc) is 2.49. The molecule has 0 aromatic heterocycles. The molecule has 0 aliphatic heterocycles. The topological polar surface area (TPSA) is 86.6 Å². The molecule has 21 heavy (non-hydrogen) atoms. The molecule has 0 saturated heterocycles. The first kappa shape index (κ1) is 14.7. The van der Waals surface area contributed by atoms with Crippen LogP contribution in [0.5, 0.6) is 0 Å². The average molecular weight is 285 g/mol. The molecule has 2 rings (SSSR count). The van der Waals surface area contributed by atoms with Crippen molar-refractivity contribution in [3.8, 4) is 0 Å². The molecule has 2 aromatic rings. The van der Waals surface area contributed by atoms with Crippen LogP contribution in [-0.4, -0.2) is 22.1 Å². The van der Waals surface area contributed by atoms with E-state index in [-0.39, 0.29) is 18.9 Å². The number of hydrogen-bond acceptors (Lipinski definition) is 3. The van der Waals surface area contributed by atoms with Crippen LogP contribution >= 0.6 is 0 Å². The molecule has 108 valence electrons. The highest BCUT2D eigenvalue weighted by atomic mass is 16.4. The summed E-state index contributed by atoms with van der Waals surface area (Å²) in [6.07, 6.45) is -0.153. The van der Waals surface area contributed by atoms with Crippen LogP contribution in [0.3, 0.4) is 0 Å². The third kappa shape index (κ3) is 3.90. The smallest absolute Gasteiger partial charge is 0.307 e. The van der Waals surface area contributed by atoms with Crippen molar-refractivity contribution >= 4 is 17.6 Å². The van der Waals surface area contributed by atoms with Gasteiger partial charge in [0.1, 0.15) is 0 Å². The van der Waals surface area contributed by atoms with Crippen molar-refractivity contribution in [2.24, 2.45) is 0 Å². The fourth-order valence-corrected chi connectivity index (χ4v) is 1.92. The van der Waals surface area contributed by atoms with Gasteiger partial charge in [-0.05, 0) is 29.3 Å². The Balaban J connectivity index is 2.17. The lowest BCUT2D eigenvalue weighted by molar-refractivity contribution is -0.136.